The summed E-state index contributed by atoms with van der Waals surface area (Å²) in [4.78, 5) is -0.159. The number of nitrogens with one attached hydrogen (secondary N) is 2. The zero-order chi connectivity index (χ0) is 15.8. The molecule has 0 atom stereocenters. The third kappa shape index (κ3) is 3.23. The van der Waals surface area contributed by atoms with Gasteiger partial charge in [-0.05, 0) is 43.2 Å². The molecule has 21 heavy (non-hydrogen) atoms. The molecule has 10 heteroatoms. The third-order valence-corrected chi connectivity index (χ3v) is 5.17. The van der Waals surface area contributed by atoms with Gasteiger partial charge in [-0.2, -0.15) is 13.5 Å². The molecule has 0 bridgehead atoms. The zero-order valence-corrected chi connectivity index (χ0v) is 12.9. The number of sulfonamides is 2. The molecular weight excluding hydrogens is 316 g/mol. The summed E-state index contributed by atoms with van der Waals surface area (Å²) in [5, 5.41) is 10.9. The zero-order valence-electron chi connectivity index (χ0n) is 11.3. The Balaban J connectivity index is 2.53. The molecule has 0 aliphatic rings. The van der Waals surface area contributed by atoms with Crippen molar-refractivity contribution in [2.75, 3.05) is 4.72 Å². The summed E-state index contributed by atoms with van der Waals surface area (Å²) < 4.78 is 49.4. The number of hydrogen-bond donors (Lipinski definition) is 3. The topological polar surface area (TPSA) is 135 Å². The number of aromatic amines is 1. The predicted molar refractivity (Wildman–Crippen MR) is 76.7 cm³/mol. The number of aromatic nitrogens is 2. The van der Waals surface area contributed by atoms with E-state index in [4.69, 9.17) is 5.14 Å². The number of aryl methyl sites for hydroxylation is 1. The smallest absolute Gasteiger partial charge is 0.278 e. The molecule has 4 N–H and O–H groups in total. The Morgan fingerprint density at radius 1 is 1.19 bits per heavy atom. The fourth-order valence-electron chi connectivity index (χ4n) is 1.69. The first-order valence-electron chi connectivity index (χ1n) is 5.77. The number of H-pyrrole nitrogens is 1. The standard InChI is InChI=1S/C11H14N4O4S2/c1-7-5-9(20(12,16)17)6-10(8(7)2)15-21(18,19)11-3-4-13-14-11/h3-6,15H,1-2H3,(H,13,14)(H2,12,16,17). The molecule has 2 rings (SSSR count). The Labute approximate surface area is 122 Å². The third-order valence-electron chi connectivity index (χ3n) is 2.98. The minimum Gasteiger partial charge on any atom is -0.278 e. The van der Waals surface area contributed by atoms with Gasteiger partial charge in [0.25, 0.3) is 10.0 Å². The summed E-state index contributed by atoms with van der Waals surface area (Å²) >= 11 is 0. The molecular formula is C11H14N4O4S2. The summed E-state index contributed by atoms with van der Waals surface area (Å²) in [6.07, 6.45) is 1.30. The van der Waals surface area contributed by atoms with E-state index < -0.39 is 20.0 Å². The molecule has 0 amide bonds. The Morgan fingerprint density at radius 3 is 2.38 bits per heavy atom. The molecule has 0 radical (unpaired) electrons. The van der Waals surface area contributed by atoms with Crippen LogP contribution in [0.25, 0.3) is 0 Å². The maximum Gasteiger partial charge on any atom is 0.278 e. The second-order valence-corrected chi connectivity index (χ2v) is 7.70. The van der Waals surface area contributed by atoms with Crippen LogP contribution in [0, 0.1) is 13.8 Å². The van der Waals surface area contributed by atoms with E-state index in [9.17, 15) is 16.8 Å². The van der Waals surface area contributed by atoms with Gasteiger partial charge in [-0.1, -0.05) is 0 Å². The molecule has 0 spiro atoms. The van der Waals surface area contributed by atoms with Crippen LogP contribution in [0.1, 0.15) is 11.1 Å². The molecule has 1 aromatic carbocycles. The molecule has 0 saturated carbocycles. The molecule has 0 fully saturated rings. The van der Waals surface area contributed by atoms with Crippen molar-refractivity contribution >= 4 is 25.7 Å². The SMILES string of the molecule is Cc1cc(S(N)(=O)=O)cc(NS(=O)(=O)c2ccn[nH]2)c1C. The van der Waals surface area contributed by atoms with Crippen LogP contribution in [-0.4, -0.2) is 27.0 Å². The van der Waals surface area contributed by atoms with Gasteiger partial charge in [-0.25, -0.2) is 13.6 Å². The first kappa shape index (κ1) is 15.5. The van der Waals surface area contributed by atoms with Crippen LogP contribution < -0.4 is 9.86 Å². The van der Waals surface area contributed by atoms with Crippen LogP contribution in [0.15, 0.2) is 34.3 Å². The maximum absolute atomic E-state index is 12.1. The maximum atomic E-state index is 12.1. The molecule has 0 aliphatic heterocycles. The van der Waals surface area contributed by atoms with Gasteiger partial charge < -0.3 is 0 Å². The van der Waals surface area contributed by atoms with Crippen molar-refractivity contribution in [3.63, 3.8) is 0 Å². The summed E-state index contributed by atoms with van der Waals surface area (Å²) in [6, 6.07) is 3.86. The van der Waals surface area contributed by atoms with Crippen LogP contribution >= 0.6 is 0 Å². The van der Waals surface area contributed by atoms with Crippen molar-refractivity contribution in [2.24, 2.45) is 5.14 Å². The van der Waals surface area contributed by atoms with Gasteiger partial charge in [-0.15, -0.1) is 0 Å². The molecule has 0 unspecified atom stereocenters. The average Bonchev–Trinajstić information content (AvgIpc) is 2.87. The van der Waals surface area contributed by atoms with Crippen molar-refractivity contribution in [2.45, 2.75) is 23.8 Å². The number of primary sulfonamides is 1. The lowest BCUT2D eigenvalue weighted by Crippen LogP contribution is -2.17. The van der Waals surface area contributed by atoms with Crippen molar-refractivity contribution in [1.82, 2.24) is 10.2 Å². The van der Waals surface area contributed by atoms with E-state index in [2.05, 4.69) is 14.9 Å². The minimum atomic E-state index is -3.93. The molecule has 1 heterocycles. The van der Waals surface area contributed by atoms with Crippen LogP contribution in [0.2, 0.25) is 0 Å². The molecule has 2 aromatic rings. The van der Waals surface area contributed by atoms with Crippen LogP contribution in [0.5, 0.6) is 0 Å². The highest BCUT2D eigenvalue weighted by Gasteiger charge is 2.19. The van der Waals surface area contributed by atoms with Crippen LogP contribution in [0.3, 0.4) is 0 Å². The molecule has 8 nitrogen and oxygen atoms in total. The number of hydrogen-bond acceptors (Lipinski definition) is 5. The number of benzene rings is 1. The minimum absolute atomic E-state index is 0.124. The molecule has 0 aliphatic carbocycles. The Kier molecular flexibility index (Phi) is 3.78. The fraction of sp³-hybridized carbons (Fsp3) is 0.182. The van der Waals surface area contributed by atoms with Crippen molar-refractivity contribution in [3.8, 4) is 0 Å². The van der Waals surface area contributed by atoms with Crippen molar-refractivity contribution in [1.29, 1.82) is 0 Å². The Morgan fingerprint density at radius 2 is 1.86 bits per heavy atom. The van der Waals surface area contributed by atoms with E-state index in [1.54, 1.807) is 13.8 Å². The largest absolute Gasteiger partial charge is 0.278 e. The number of nitrogens with zero attached hydrogens (tertiary/aromatic N) is 1. The Hall–Kier alpha value is -1.91. The second kappa shape index (κ2) is 5.13. The summed E-state index contributed by atoms with van der Waals surface area (Å²) in [6.45, 7) is 3.34. The lowest BCUT2D eigenvalue weighted by molar-refractivity contribution is 0.594. The summed E-state index contributed by atoms with van der Waals surface area (Å²) in [5.74, 6) is 0. The van der Waals surface area contributed by atoms with Crippen molar-refractivity contribution < 1.29 is 16.8 Å². The van der Waals surface area contributed by atoms with Crippen LogP contribution in [-0.2, 0) is 20.0 Å². The van der Waals surface area contributed by atoms with Gasteiger partial charge in [0.05, 0.1) is 16.8 Å². The Bertz CT molecular complexity index is 871. The van der Waals surface area contributed by atoms with E-state index in [0.717, 1.165) is 0 Å². The van der Waals surface area contributed by atoms with E-state index >= 15 is 0 Å². The van der Waals surface area contributed by atoms with E-state index in [-0.39, 0.29) is 15.6 Å². The van der Waals surface area contributed by atoms with Gasteiger partial charge in [-0.3, -0.25) is 9.82 Å². The first-order chi connectivity index (χ1) is 9.61. The highest BCUT2D eigenvalue weighted by atomic mass is 32.2. The fourth-order valence-corrected chi connectivity index (χ4v) is 3.34. The summed E-state index contributed by atoms with van der Waals surface area (Å²) in [7, 11) is -7.80. The van der Waals surface area contributed by atoms with E-state index in [1.807, 2.05) is 0 Å². The van der Waals surface area contributed by atoms with Gasteiger partial charge in [0, 0.05) is 0 Å². The number of rotatable bonds is 4. The highest BCUT2D eigenvalue weighted by molar-refractivity contribution is 7.92. The lowest BCUT2D eigenvalue weighted by atomic mass is 10.1. The van der Waals surface area contributed by atoms with Gasteiger partial charge in [0.1, 0.15) is 0 Å². The number of nitrogens with two attached hydrogens (primary N) is 1. The summed E-state index contributed by atoms with van der Waals surface area (Å²) in [5.41, 5.74) is 1.35. The first-order valence-corrected chi connectivity index (χ1v) is 8.80. The molecule has 1 aromatic heterocycles. The number of anilines is 1. The van der Waals surface area contributed by atoms with Gasteiger partial charge >= 0.3 is 0 Å². The molecule has 114 valence electrons. The van der Waals surface area contributed by atoms with Crippen LogP contribution in [0.4, 0.5) is 5.69 Å². The van der Waals surface area contributed by atoms with Crippen molar-refractivity contribution in [3.05, 3.63) is 35.5 Å². The average molecular weight is 330 g/mol. The predicted octanol–water partition coefficient (Wildman–Crippen LogP) is 0.475. The van der Waals surface area contributed by atoms with Gasteiger partial charge in [0.15, 0.2) is 5.03 Å². The monoisotopic (exact) mass is 330 g/mol. The molecule has 0 saturated heterocycles. The van der Waals surface area contributed by atoms with E-state index in [0.29, 0.717) is 11.1 Å². The van der Waals surface area contributed by atoms with E-state index in [1.165, 1.54) is 24.4 Å². The lowest BCUT2D eigenvalue weighted by Gasteiger charge is -2.13. The normalized spacial score (nSPS) is 12.3. The van der Waals surface area contributed by atoms with Gasteiger partial charge in [0.2, 0.25) is 10.0 Å². The highest BCUT2D eigenvalue weighted by Crippen LogP contribution is 2.25. The quantitative estimate of drug-likeness (QED) is 0.749. The second-order valence-electron chi connectivity index (χ2n) is 4.48.